The third-order valence-electron chi connectivity index (χ3n) is 1.52. The Morgan fingerprint density at radius 2 is 2.69 bits per heavy atom. The lowest BCUT2D eigenvalue weighted by Gasteiger charge is -2.04. The van der Waals surface area contributed by atoms with Gasteiger partial charge in [-0.15, -0.1) is 11.3 Å². The average molecular weight is 200 g/mol. The Balaban J connectivity index is 2.47. The Bertz CT molecular complexity index is 272. The number of hydrogen-bond donors (Lipinski definition) is 3. The molecule has 1 aromatic rings. The molecular weight excluding hydrogens is 188 g/mol. The second-order valence-corrected chi connectivity index (χ2v) is 3.54. The summed E-state index contributed by atoms with van der Waals surface area (Å²) in [6, 6.07) is 0. The van der Waals surface area contributed by atoms with E-state index in [-0.39, 0.29) is 11.9 Å². The van der Waals surface area contributed by atoms with Crippen LogP contribution >= 0.6 is 11.3 Å². The highest BCUT2D eigenvalue weighted by Gasteiger charge is 2.06. The first-order valence-corrected chi connectivity index (χ1v) is 4.71. The van der Waals surface area contributed by atoms with E-state index >= 15 is 0 Å². The summed E-state index contributed by atoms with van der Waals surface area (Å²) in [5, 5.41) is 11.3. The van der Waals surface area contributed by atoms with Crippen molar-refractivity contribution in [1.82, 2.24) is 10.5 Å². The number of aliphatic imine (C=N–C) groups is 1. The largest absolute Gasteiger partial charge is 0.368 e. The lowest BCUT2D eigenvalue weighted by Crippen LogP contribution is -2.28. The summed E-state index contributed by atoms with van der Waals surface area (Å²) in [4.78, 5) is 8.04. The van der Waals surface area contributed by atoms with Gasteiger partial charge in [0.15, 0.2) is 0 Å². The molecule has 1 rings (SSSR count). The smallest absolute Gasteiger partial charge is 0.212 e. The van der Waals surface area contributed by atoms with Crippen LogP contribution in [0.4, 0.5) is 0 Å². The second-order valence-electron chi connectivity index (χ2n) is 2.61. The van der Waals surface area contributed by atoms with Crippen LogP contribution in [0.25, 0.3) is 0 Å². The third-order valence-corrected chi connectivity index (χ3v) is 2.53. The molecule has 5 nitrogen and oxygen atoms in total. The van der Waals surface area contributed by atoms with Gasteiger partial charge in [-0.2, -0.15) is 0 Å². The van der Waals surface area contributed by atoms with Crippen molar-refractivity contribution in [2.75, 3.05) is 6.54 Å². The molecule has 0 aliphatic rings. The minimum absolute atomic E-state index is 0.0309. The fourth-order valence-electron chi connectivity index (χ4n) is 0.827. The van der Waals surface area contributed by atoms with Gasteiger partial charge < -0.3 is 5.73 Å². The zero-order valence-electron chi connectivity index (χ0n) is 7.27. The molecule has 1 atom stereocenters. The summed E-state index contributed by atoms with van der Waals surface area (Å²) in [5.41, 5.74) is 7.02. The zero-order valence-corrected chi connectivity index (χ0v) is 8.08. The van der Waals surface area contributed by atoms with E-state index in [1.807, 2.05) is 12.3 Å². The Morgan fingerprint density at radius 3 is 3.23 bits per heavy atom. The molecule has 0 saturated heterocycles. The lowest BCUT2D eigenvalue weighted by molar-refractivity contribution is 0.232. The number of nitrogens with zero attached hydrogens (tertiary/aromatic N) is 2. The van der Waals surface area contributed by atoms with E-state index in [1.54, 1.807) is 23.0 Å². The highest BCUT2D eigenvalue weighted by Crippen LogP contribution is 2.17. The molecule has 0 bridgehead atoms. The molecule has 0 spiro atoms. The number of nitrogens with one attached hydrogen (secondary N) is 1. The molecule has 1 aromatic heterocycles. The fraction of sp³-hybridized carbons (Fsp3) is 0.429. The van der Waals surface area contributed by atoms with Crippen molar-refractivity contribution < 1.29 is 5.21 Å². The van der Waals surface area contributed by atoms with Crippen molar-refractivity contribution in [2.45, 2.75) is 12.8 Å². The maximum Gasteiger partial charge on any atom is 0.212 e. The van der Waals surface area contributed by atoms with E-state index in [0.29, 0.717) is 6.54 Å². The summed E-state index contributed by atoms with van der Waals surface area (Å²) < 4.78 is 0. The van der Waals surface area contributed by atoms with E-state index in [2.05, 4.69) is 9.98 Å². The van der Waals surface area contributed by atoms with E-state index < -0.39 is 0 Å². The summed E-state index contributed by atoms with van der Waals surface area (Å²) in [7, 11) is 0. The standard InChI is InChI=1S/C7H12N4OS/c1-5(4-10-7(8)11-12)6-9-2-3-13-6/h2-3,5,12H,4H2,1H3,(H3,8,10,11). The highest BCUT2D eigenvalue weighted by atomic mass is 32.1. The van der Waals surface area contributed by atoms with Crippen molar-refractivity contribution in [3.63, 3.8) is 0 Å². The van der Waals surface area contributed by atoms with Gasteiger partial charge >= 0.3 is 0 Å². The van der Waals surface area contributed by atoms with Crippen LogP contribution < -0.4 is 11.2 Å². The van der Waals surface area contributed by atoms with Crippen LogP contribution in [-0.4, -0.2) is 22.7 Å². The Labute approximate surface area is 80.3 Å². The average Bonchev–Trinajstić information content (AvgIpc) is 2.66. The van der Waals surface area contributed by atoms with Gasteiger partial charge in [0, 0.05) is 17.5 Å². The molecule has 0 radical (unpaired) electrons. The molecule has 1 heterocycles. The summed E-state index contributed by atoms with van der Waals surface area (Å²) >= 11 is 1.59. The molecule has 0 amide bonds. The second kappa shape index (κ2) is 4.78. The van der Waals surface area contributed by atoms with Crippen molar-refractivity contribution in [1.29, 1.82) is 0 Å². The van der Waals surface area contributed by atoms with Gasteiger partial charge in [-0.1, -0.05) is 6.92 Å². The van der Waals surface area contributed by atoms with Crippen molar-refractivity contribution >= 4 is 17.3 Å². The zero-order chi connectivity index (χ0) is 9.68. The van der Waals surface area contributed by atoms with Crippen LogP contribution in [0.1, 0.15) is 17.8 Å². The molecular formula is C7H12N4OS. The van der Waals surface area contributed by atoms with Gasteiger partial charge in [0.05, 0.1) is 11.6 Å². The van der Waals surface area contributed by atoms with Crippen LogP contribution in [0.2, 0.25) is 0 Å². The molecule has 1 unspecified atom stereocenters. The molecule has 0 aromatic carbocycles. The van der Waals surface area contributed by atoms with Gasteiger partial charge in [-0.05, 0) is 0 Å². The Hall–Kier alpha value is -1.14. The minimum atomic E-state index is 0.0309. The van der Waals surface area contributed by atoms with Gasteiger partial charge in [0.2, 0.25) is 5.96 Å². The van der Waals surface area contributed by atoms with Crippen molar-refractivity contribution in [3.8, 4) is 0 Å². The molecule has 0 fully saturated rings. The Kier molecular flexibility index (Phi) is 3.66. The molecule has 13 heavy (non-hydrogen) atoms. The van der Waals surface area contributed by atoms with E-state index in [4.69, 9.17) is 10.9 Å². The van der Waals surface area contributed by atoms with E-state index in [1.165, 1.54) is 0 Å². The van der Waals surface area contributed by atoms with Gasteiger partial charge in [0.25, 0.3) is 0 Å². The first-order chi connectivity index (χ1) is 6.24. The monoisotopic (exact) mass is 200 g/mol. The van der Waals surface area contributed by atoms with Gasteiger partial charge in [-0.3, -0.25) is 10.2 Å². The first kappa shape index (κ1) is 9.94. The van der Waals surface area contributed by atoms with Crippen LogP contribution in [0.3, 0.4) is 0 Å². The molecule has 6 heteroatoms. The van der Waals surface area contributed by atoms with Crippen molar-refractivity contribution in [2.24, 2.45) is 10.7 Å². The number of aromatic nitrogens is 1. The van der Waals surface area contributed by atoms with E-state index in [9.17, 15) is 0 Å². The highest BCUT2D eigenvalue weighted by molar-refractivity contribution is 7.09. The SMILES string of the molecule is CC(CN=C(N)NO)c1nccs1. The van der Waals surface area contributed by atoms with Crippen LogP contribution in [-0.2, 0) is 0 Å². The lowest BCUT2D eigenvalue weighted by atomic mass is 10.2. The third kappa shape index (κ3) is 3.00. The predicted molar refractivity (Wildman–Crippen MR) is 51.9 cm³/mol. The number of rotatable bonds is 3. The van der Waals surface area contributed by atoms with Gasteiger partial charge in [-0.25, -0.2) is 10.5 Å². The number of hydrogen-bond acceptors (Lipinski definition) is 4. The topological polar surface area (TPSA) is 83.5 Å². The van der Waals surface area contributed by atoms with E-state index in [0.717, 1.165) is 5.01 Å². The first-order valence-electron chi connectivity index (χ1n) is 3.83. The molecule has 72 valence electrons. The fourth-order valence-corrected chi connectivity index (χ4v) is 1.52. The molecule has 4 N–H and O–H groups in total. The van der Waals surface area contributed by atoms with Crippen LogP contribution in [0.15, 0.2) is 16.6 Å². The number of guanidine groups is 1. The predicted octanol–water partition coefficient (Wildman–Crippen LogP) is 0.540. The quantitative estimate of drug-likeness (QED) is 0.378. The number of nitrogens with two attached hydrogens (primary N) is 1. The maximum atomic E-state index is 8.36. The summed E-state index contributed by atoms with van der Waals surface area (Å²) in [6.07, 6.45) is 1.76. The van der Waals surface area contributed by atoms with Crippen LogP contribution in [0, 0.1) is 0 Å². The maximum absolute atomic E-state index is 8.36. The number of thiazole rings is 1. The Morgan fingerprint density at radius 1 is 1.92 bits per heavy atom. The summed E-state index contributed by atoms with van der Waals surface area (Å²) in [6.45, 7) is 2.53. The summed E-state index contributed by atoms with van der Waals surface area (Å²) in [5.74, 6) is 0.260. The molecule has 0 saturated carbocycles. The van der Waals surface area contributed by atoms with Crippen molar-refractivity contribution in [3.05, 3.63) is 16.6 Å². The number of hydroxylamine groups is 1. The molecule has 0 aliphatic carbocycles. The normalized spacial score (nSPS) is 14.2. The molecule has 0 aliphatic heterocycles. The minimum Gasteiger partial charge on any atom is -0.368 e. The van der Waals surface area contributed by atoms with Gasteiger partial charge in [0.1, 0.15) is 0 Å². The van der Waals surface area contributed by atoms with Crippen LogP contribution in [0.5, 0.6) is 0 Å².